The second-order valence-electron chi connectivity index (χ2n) is 5.37. The van der Waals surface area contributed by atoms with Crippen LogP contribution in [0.1, 0.15) is 52.4 Å². The highest BCUT2D eigenvalue weighted by Crippen LogP contribution is 2.34. The van der Waals surface area contributed by atoms with Gasteiger partial charge in [0.1, 0.15) is 0 Å². The molecule has 1 rings (SSSR count). The minimum Gasteiger partial charge on any atom is -0.317 e. The molecule has 2 heteroatoms. The molecule has 0 radical (unpaired) electrons. The van der Waals surface area contributed by atoms with E-state index in [0.717, 1.165) is 12.0 Å². The Morgan fingerprint density at radius 3 is 2.56 bits per heavy atom. The van der Waals surface area contributed by atoms with Crippen LogP contribution < -0.4 is 5.32 Å². The van der Waals surface area contributed by atoms with Crippen LogP contribution in [0.5, 0.6) is 0 Å². The molecule has 1 N–H and O–H groups in total. The number of unbranched alkanes of at least 4 members (excludes halogenated alkanes) is 2. The van der Waals surface area contributed by atoms with Crippen molar-refractivity contribution in [2.24, 2.45) is 5.92 Å². The Morgan fingerprint density at radius 1 is 1.19 bits per heavy atom. The third-order valence-electron chi connectivity index (χ3n) is 3.79. The van der Waals surface area contributed by atoms with Crippen molar-refractivity contribution in [2.75, 3.05) is 26.7 Å². The predicted octanol–water partition coefficient (Wildman–Crippen LogP) is 2.89. The van der Waals surface area contributed by atoms with E-state index in [-0.39, 0.29) is 0 Å². The topological polar surface area (TPSA) is 15.3 Å². The van der Waals surface area contributed by atoms with Crippen molar-refractivity contribution < 1.29 is 0 Å². The molecule has 1 atom stereocenters. The van der Waals surface area contributed by atoms with Crippen molar-refractivity contribution >= 4 is 0 Å². The predicted molar refractivity (Wildman–Crippen MR) is 71.8 cm³/mol. The molecule has 0 amide bonds. The first-order valence-corrected chi connectivity index (χ1v) is 7.16. The van der Waals surface area contributed by atoms with Crippen LogP contribution in [0, 0.1) is 5.92 Å². The first-order chi connectivity index (χ1) is 7.75. The zero-order valence-electron chi connectivity index (χ0n) is 11.5. The second-order valence-corrected chi connectivity index (χ2v) is 5.37. The molecule has 1 aliphatic carbocycles. The molecule has 0 heterocycles. The van der Waals surface area contributed by atoms with E-state index in [1.807, 2.05) is 0 Å². The molecule has 1 unspecified atom stereocenters. The van der Waals surface area contributed by atoms with Crippen LogP contribution in [0.15, 0.2) is 0 Å². The number of nitrogens with one attached hydrogen (secondary N) is 1. The average molecular weight is 226 g/mol. The average Bonchev–Trinajstić information content (AvgIpc) is 3.10. The van der Waals surface area contributed by atoms with Crippen molar-refractivity contribution in [1.82, 2.24) is 10.2 Å². The minimum absolute atomic E-state index is 0.818. The maximum atomic E-state index is 3.46. The highest BCUT2D eigenvalue weighted by Gasteiger charge is 2.29. The summed E-state index contributed by atoms with van der Waals surface area (Å²) in [4.78, 5) is 2.55. The Bertz CT molecular complexity index is 166. The number of hydrogen-bond acceptors (Lipinski definition) is 2. The van der Waals surface area contributed by atoms with Gasteiger partial charge in [-0.25, -0.2) is 0 Å². The normalized spacial score (nSPS) is 18.0. The second kappa shape index (κ2) is 8.08. The molecule has 0 aromatic heterocycles. The maximum Gasteiger partial charge on any atom is 0.00921 e. The molecule has 0 spiro atoms. The number of rotatable bonds is 10. The van der Waals surface area contributed by atoms with Crippen LogP contribution in [0.4, 0.5) is 0 Å². The van der Waals surface area contributed by atoms with E-state index in [1.54, 1.807) is 0 Å². The highest BCUT2D eigenvalue weighted by molar-refractivity contribution is 4.83. The van der Waals surface area contributed by atoms with Gasteiger partial charge in [-0.15, -0.1) is 0 Å². The Kier molecular flexibility index (Phi) is 7.06. The molecule has 0 aromatic rings. The Hall–Kier alpha value is -0.0800. The molecular formula is C14H30N2. The fourth-order valence-corrected chi connectivity index (χ4v) is 2.23. The number of hydrogen-bond donors (Lipinski definition) is 1. The Balaban J connectivity index is 1.86. The minimum atomic E-state index is 0.818. The molecule has 0 aliphatic heterocycles. The third kappa shape index (κ3) is 5.86. The standard InChI is InChI=1S/C14H30N2/c1-4-10-15-11-6-5-7-12-16(3)13(2)14-8-9-14/h13-15H,4-12H2,1-3H3. The first-order valence-electron chi connectivity index (χ1n) is 7.16. The van der Waals surface area contributed by atoms with E-state index >= 15 is 0 Å². The van der Waals surface area contributed by atoms with Crippen LogP contribution in [0.25, 0.3) is 0 Å². The third-order valence-corrected chi connectivity index (χ3v) is 3.79. The van der Waals surface area contributed by atoms with Gasteiger partial charge in [0.2, 0.25) is 0 Å². The lowest BCUT2D eigenvalue weighted by molar-refractivity contribution is 0.230. The summed E-state index contributed by atoms with van der Waals surface area (Å²) in [6, 6.07) is 0.818. The summed E-state index contributed by atoms with van der Waals surface area (Å²) in [7, 11) is 2.29. The van der Waals surface area contributed by atoms with E-state index in [1.165, 1.54) is 58.2 Å². The Labute approximate surface area is 102 Å². The summed E-state index contributed by atoms with van der Waals surface area (Å²) >= 11 is 0. The molecule has 1 saturated carbocycles. The lowest BCUT2D eigenvalue weighted by atomic mass is 10.1. The van der Waals surface area contributed by atoms with E-state index in [2.05, 4.69) is 31.1 Å². The van der Waals surface area contributed by atoms with Crippen molar-refractivity contribution in [3.63, 3.8) is 0 Å². The molecule has 1 aliphatic rings. The van der Waals surface area contributed by atoms with Crippen LogP contribution in [0.3, 0.4) is 0 Å². The van der Waals surface area contributed by atoms with Crippen molar-refractivity contribution in [1.29, 1.82) is 0 Å². The molecule has 2 nitrogen and oxygen atoms in total. The largest absolute Gasteiger partial charge is 0.317 e. The molecule has 96 valence electrons. The van der Waals surface area contributed by atoms with Gasteiger partial charge in [0.25, 0.3) is 0 Å². The Morgan fingerprint density at radius 2 is 1.94 bits per heavy atom. The molecule has 0 bridgehead atoms. The van der Waals surface area contributed by atoms with Crippen LogP contribution >= 0.6 is 0 Å². The molecule has 16 heavy (non-hydrogen) atoms. The summed E-state index contributed by atoms with van der Waals surface area (Å²) in [5.74, 6) is 1.01. The summed E-state index contributed by atoms with van der Waals surface area (Å²) in [5.41, 5.74) is 0. The van der Waals surface area contributed by atoms with Crippen molar-refractivity contribution in [3.05, 3.63) is 0 Å². The monoisotopic (exact) mass is 226 g/mol. The van der Waals surface area contributed by atoms with Gasteiger partial charge in [-0.05, 0) is 71.6 Å². The summed E-state index contributed by atoms with van der Waals surface area (Å²) in [6.45, 7) is 8.28. The molecule has 1 fully saturated rings. The summed E-state index contributed by atoms with van der Waals surface area (Å²) in [6.07, 6.45) is 8.26. The summed E-state index contributed by atoms with van der Waals surface area (Å²) in [5, 5.41) is 3.46. The van der Waals surface area contributed by atoms with Gasteiger partial charge in [0.15, 0.2) is 0 Å². The van der Waals surface area contributed by atoms with Gasteiger partial charge in [-0.3, -0.25) is 0 Å². The van der Waals surface area contributed by atoms with Crippen LogP contribution in [-0.4, -0.2) is 37.6 Å². The van der Waals surface area contributed by atoms with E-state index in [0.29, 0.717) is 0 Å². The van der Waals surface area contributed by atoms with Gasteiger partial charge in [0, 0.05) is 6.04 Å². The zero-order valence-corrected chi connectivity index (χ0v) is 11.5. The highest BCUT2D eigenvalue weighted by atomic mass is 15.1. The van der Waals surface area contributed by atoms with Crippen molar-refractivity contribution in [2.45, 2.75) is 58.4 Å². The maximum absolute atomic E-state index is 3.46. The van der Waals surface area contributed by atoms with Gasteiger partial charge >= 0.3 is 0 Å². The van der Waals surface area contributed by atoms with E-state index < -0.39 is 0 Å². The number of nitrogens with zero attached hydrogens (tertiary/aromatic N) is 1. The quantitative estimate of drug-likeness (QED) is 0.576. The molecule has 0 aromatic carbocycles. The van der Waals surface area contributed by atoms with Gasteiger partial charge in [0.05, 0.1) is 0 Å². The van der Waals surface area contributed by atoms with E-state index in [9.17, 15) is 0 Å². The van der Waals surface area contributed by atoms with Crippen molar-refractivity contribution in [3.8, 4) is 0 Å². The fraction of sp³-hybridized carbons (Fsp3) is 1.00. The van der Waals surface area contributed by atoms with Gasteiger partial charge < -0.3 is 10.2 Å². The van der Waals surface area contributed by atoms with E-state index in [4.69, 9.17) is 0 Å². The molecular weight excluding hydrogens is 196 g/mol. The lowest BCUT2D eigenvalue weighted by Crippen LogP contribution is -2.31. The smallest absolute Gasteiger partial charge is 0.00921 e. The van der Waals surface area contributed by atoms with Crippen LogP contribution in [0.2, 0.25) is 0 Å². The van der Waals surface area contributed by atoms with Gasteiger partial charge in [-0.2, -0.15) is 0 Å². The van der Waals surface area contributed by atoms with Gasteiger partial charge in [-0.1, -0.05) is 13.3 Å². The molecule has 0 saturated heterocycles. The van der Waals surface area contributed by atoms with Crippen LogP contribution in [-0.2, 0) is 0 Å². The zero-order chi connectivity index (χ0) is 11.8. The summed E-state index contributed by atoms with van der Waals surface area (Å²) < 4.78 is 0. The lowest BCUT2D eigenvalue weighted by Gasteiger charge is -2.24. The fourth-order valence-electron chi connectivity index (χ4n) is 2.23. The first kappa shape index (κ1) is 14.0. The SMILES string of the molecule is CCCNCCCCCN(C)C(C)C1CC1.